The first-order valence-electron chi connectivity index (χ1n) is 8.43. The van der Waals surface area contributed by atoms with E-state index in [1.807, 2.05) is 0 Å². The molecule has 116 valence electrons. The predicted octanol–water partition coefficient (Wildman–Crippen LogP) is 3.61. The molecule has 1 heterocycles. The van der Waals surface area contributed by atoms with Crippen molar-refractivity contribution >= 4 is 0 Å². The minimum absolute atomic E-state index is 0.0823. The molecule has 2 atom stereocenters. The zero-order valence-corrected chi connectivity index (χ0v) is 13.0. The third kappa shape index (κ3) is 3.09. The van der Waals surface area contributed by atoms with Gasteiger partial charge in [-0.2, -0.15) is 0 Å². The summed E-state index contributed by atoms with van der Waals surface area (Å²) in [5.74, 6) is 1.61. The first-order chi connectivity index (χ1) is 10.3. The average Bonchev–Trinajstić information content (AvgIpc) is 3.01. The van der Waals surface area contributed by atoms with Gasteiger partial charge in [-0.3, -0.25) is 0 Å². The molecule has 0 amide bonds. The van der Waals surface area contributed by atoms with E-state index in [-0.39, 0.29) is 12.1 Å². The highest BCUT2D eigenvalue weighted by Crippen LogP contribution is 2.38. The van der Waals surface area contributed by atoms with Crippen LogP contribution in [0, 0.1) is 5.92 Å². The van der Waals surface area contributed by atoms with Crippen LogP contribution in [-0.2, 0) is 11.2 Å². The van der Waals surface area contributed by atoms with Gasteiger partial charge in [-0.25, -0.2) is 0 Å². The molecule has 21 heavy (non-hydrogen) atoms. The first kappa shape index (κ1) is 14.9. The predicted molar refractivity (Wildman–Crippen MR) is 84.6 cm³/mol. The summed E-state index contributed by atoms with van der Waals surface area (Å²) in [6.45, 7) is 3.57. The lowest BCUT2D eigenvalue weighted by Crippen LogP contribution is -2.37. The normalized spacial score (nSPS) is 21.6. The Morgan fingerprint density at radius 1 is 1.29 bits per heavy atom. The van der Waals surface area contributed by atoms with E-state index in [1.54, 1.807) is 0 Å². The number of hydrogen-bond acceptors (Lipinski definition) is 3. The summed E-state index contributed by atoms with van der Waals surface area (Å²) in [5, 5.41) is 0. The highest BCUT2D eigenvalue weighted by Gasteiger charge is 2.32. The molecule has 2 N–H and O–H groups in total. The Morgan fingerprint density at radius 3 is 2.86 bits per heavy atom. The number of hydrogen-bond donors (Lipinski definition) is 1. The molecule has 1 saturated carbocycles. The van der Waals surface area contributed by atoms with Crippen molar-refractivity contribution in [2.45, 2.75) is 57.6 Å². The van der Waals surface area contributed by atoms with Gasteiger partial charge in [0, 0.05) is 18.6 Å². The zero-order chi connectivity index (χ0) is 14.7. The van der Waals surface area contributed by atoms with Crippen LogP contribution in [0.2, 0.25) is 0 Å². The number of ether oxygens (including phenoxy) is 2. The summed E-state index contributed by atoms with van der Waals surface area (Å²) >= 11 is 0. The van der Waals surface area contributed by atoms with Crippen molar-refractivity contribution in [3.8, 4) is 5.75 Å². The maximum atomic E-state index is 6.62. The lowest BCUT2D eigenvalue weighted by atomic mass is 9.81. The molecule has 3 nitrogen and oxygen atoms in total. The molecule has 1 fully saturated rings. The van der Waals surface area contributed by atoms with E-state index < -0.39 is 0 Å². The topological polar surface area (TPSA) is 44.5 Å². The van der Waals surface area contributed by atoms with Gasteiger partial charge in [0.15, 0.2) is 0 Å². The van der Waals surface area contributed by atoms with Crippen LogP contribution in [0.15, 0.2) is 18.2 Å². The summed E-state index contributed by atoms with van der Waals surface area (Å²) < 4.78 is 11.9. The molecule has 2 aliphatic rings. The van der Waals surface area contributed by atoms with E-state index in [0.29, 0.717) is 5.92 Å². The fourth-order valence-corrected chi connectivity index (χ4v) is 3.87. The highest BCUT2D eigenvalue weighted by molar-refractivity contribution is 5.46. The fraction of sp³-hybridized carbons (Fsp3) is 0.667. The SMILES string of the molecule is CCOC(C1CCCCC1)C(N)c1cccc2c1OCC2. The van der Waals surface area contributed by atoms with E-state index >= 15 is 0 Å². The smallest absolute Gasteiger partial charge is 0.127 e. The van der Waals surface area contributed by atoms with Crippen LogP contribution in [0.1, 0.15) is 56.2 Å². The highest BCUT2D eigenvalue weighted by atomic mass is 16.5. The summed E-state index contributed by atoms with van der Waals surface area (Å²) in [5.41, 5.74) is 9.05. The Kier molecular flexibility index (Phi) is 4.81. The van der Waals surface area contributed by atoms with E-state index in [9.17, 15) is 0 Å². The van der Waals surface area contributed by atoms with E-state index in [4.69, 9.17) is 15.2 Å². The van der Waals surface area contributed by atoms with Crippen LogP contribution < -0.4 is 10.5 Å². The van der Waals surface area contributed by atoms with Crippen molar-refractivity contribution in [2.75, 3.05) is 13.2 Å². The molecule has 2 unspecified atom stereocenters. The van der Waals surface area contributed by atoms with Crippen molar-refractivity contribution in [2.24, 2.45) is 11.7 Å². The van der Waals surface area contributed by atoms with Gasteiger partial charge in [-0.15, -0.1) is 0 Å². The van der Waals surface area contributed by atoms with Crippen LogP contribution in [0.4, 0.5) is 0 Å². The van der Waals surface area contributed by atoms with Crippen LogP contribution >= 0.6 is 0 Å². The minimum atomic E-state index is -0.0823. The molecular formula is C18H27NO2. The molecule has 1 aromatic carbocycles. The summed E-state index contributed by atoms with van der Waals surface area (Å²) in [4.78, 5) is 0. The molecule has 3 heteroatoms. The Morgan fingerprint density at radius 2 is 2.10 bits per heavy atom. The maximum absolute atomic E-state index is 6.62. The van der Waals surface area contributed by atoms with Gasteiger partial charge in [0.05, 0.1) is 18.8 Å². The molecule has 1 aromatic rings. The van der Waals surface area contributed by atoms with Gasteiger partial charge in [-0.05, 0) is 31.2 Å². The molecule has 0 radical (unpaired) electrons. The second kappa shape index (κ2) is 6.80. The quantitative estimate of drug-likeness (QED) is 0.900. The van der Waals surface area contributed by atoms with Gasteiger partial charge in [0.1, 0.15) is 5.75 Å². The number of nitrogens with two attached hydrogens (primary N) is 1. The standard InChI is InChI=1S/C18H27NO2/c1-2-20-18(13-7-4-3-5-8-13)16(19)15-10-6-9-14-11-12-21-17(14)15/h6,9-10,13,16,18H,2-5,7-8,11-12,19H2,1H3. The lowest BCUT2D eigenvalue weighted by molar-refractivity contribution is -0.0103. The number of para-hydroxylation sites is 1. The molecule has 0 spiro atoms. The van der Waals surface area contributed by atoms with Gasteiger partial charge in [-0.1, -0.05) is 37.5 Å². The van der Waals surface area contributed by atoms with E-state index in [2.05, 4.69) is 25.1 Å². The van der Waals surface area contributed by atoms with E-state index in [1.165, 1.54) is 37.7 Å². The van der Waals surface area contributed by atoms with Gasteiger partial charge in [0.25, 0.3) is 0 Å². The minimum Gasteiger partial charge on any atom is -0.493 e. The third-order valence-electron chi connectivity index (χ3n) is 4.93. The molecule has 0 bridgehead atoms. The average molecular weight is 289 g/mol. The second-order valence-corrected chi connectivity index (χ2v) is 6.28. The maximum Gasteiger partial charge on any atom is 0.127 e. The number of benzene rings is 1. The van der Waals surface area contributed by atoms with Gasteiger partial charge in [0.2, 0.25) is 0 Å². The Balaban J connectivity index is 1.83. The molecule has 1 aliphatic heterocycles. The van der Waals surface area contributed by atoms with Crippen molar-refractivity contribution < 1.29 is 9.47 Å². The first-order valence-corrected chi connectivity index (χ1v) is 8.43. The van der Waals surface area contributed by atoms with Crippen molar-refractivity contribution in [1.82, 2.24) is 0 Å². The monoisotopic (exact) mass is 289 g/mol. The molecule has 0 saturated heterocycles. The van der Waals surface area contributed by atoms with Crippen LogP contribution in [0.3, 0.4) is 0 Å². The van der Waals surface area contributed by atoms with Crippen LogP contribution in [0.5, 0.6) is 5.75 Å². The van der Waals surface area contributed by atoms with Crippen molar-refractivity contribution in [1.29, 1.82) is 0 Å². The molecular weight excluding hydrogens is 262 g/mol. The van der Waals surface area contributed by atoms with Gasteiger partial charge < -0.3 is 15.2 Å². The number of fused-ring (bicyclic) bond motifs is 1. The largest absolute Gasteiger partial charge is 0.493 e. The Hall–Kier alpha value is -1.06. The number of rotatable bonds is 5. The third-order valence-corrected chi connectivity index (χ3v) is 4.93. The molecule has 3 rings (SSSR count). The Labute approximate surface area is 127 Å². The summed E-state index contributed by atoms with van der Waals surface area (Å²) in [6, 6.07) is 6.28. The molecule has 1 aliphatic carbocycles. The lowest BCUT2D eigenvalue weighted by Gasteiger charge is -2.34. The van der Waals surface area contributed by atoms with Crippen molar-refractivity contribution in [3.63, 3.8) is 0 Å². The van der Waals surface area contributed by atoms with Crippen LogP contribution in [0.25, 0.3) is 0 Å². The molecule has 0 aromatic heterocycles. The zero-order valence-electron chi connectivity index (χ0n) is 13.0. The summed E-state index contributed by atoms with van der Waals surface area (Å²) in [6.07, 6.45) is 7.58. The second-order valence-electron chi connectivity index (χ2n) is 6.28. The Bertz CT molecular complexity index is 468. The summed E-state index contributed by atoms with van der Waals surface area (Å²) in [7, 11) is 0. The van der Waals surface area contributed by atoms with Crippen LogP contribution in [-0.4, -0.2) is 19.3 Å². The van der Waals surface area contributed by atoms with Crippen molar-refractivity contribution in [3.05, 3.63) is 29.3 Å². The fourth-order valence-electron chi connectivity index (χ4n) is 3.87. The van der Waals surface area contributed by atoms with Gasteiger partial charge >= 0.3 is 0 Å². The van der Waals surface area contributed by atoms with E-state index in [0.717, 1.165) is 30.9 Å².